The molecule has 0 unspecified atom stereocenters. The van der Waals surface area contributed by atoms with Crippen molar-refractivity contribution in [3.05, 3.63) is 41.6 Å². The van der Waals surface area contributed by atoms with E-state index in [-0.39, 0.29) is 54.3 Å². The summed E-state index contributed by atoms with van der Waals surface area (Å²) >= 11 is 0. The second-order valence-electron chi connectivity index (χ2n) is 11.0. The molecule has 2 fully saturated rings. The van der Waals surface area contributed by atoms with Crippen LogP contribution in [0.4, 0.5) is 0 Å². The Hall–Kier alpha value is -4.15. The minimum atomic E-state index is -0.915. The fraction of sp³-hybridized carbons (Fsp3) is 0.464. The second kappa shape index (κ2) is 9.87. The first kappa shape index (κ1) is 26.5. The summed E-state index contributed by atoms with van der Waals surface area (Å²) in [5.41, 5.74) is 3.38. The molecule has 5 rings (SSSR count). The molecule has 2 amide bonds. The number of carbonyl (C=O) groups excluding carboxylic acids is 3. The molecule has 2 aliphatic rings. The predicted octanol–water partition coefficient (Wildman–Crippen LogP) is 2.67. The highest BCUT2D eigenvalue weighted by molar-refractivity contribution is 6.07. The van der Waals surface area contributed by atoms with E-state index in [1.165, 1.54) is 6.92 Å². The minimum absolute atomic E-state index is 0.0249. The Kier molecular flexibility index (Phi) is 6.69. The van der Waals surface area contributed by atoms with Gasteiger partial charge in [0.25, 0.3) is 0 Å². The number of fused-ring (bicyclic) bond motifs is 2. The van der Waals surface area contributed by atoms with Gasteiger partial charge in [0.05, 0.1) is 5.52 Å². The second-order valence-corrected chi connectivity index (χ2v) is 11.0. The van der Waals surface area contributed by atoms with Gasteiger partial charge in [-0.3, -0.25) is 23.9 Å². The van der Waals surface area contributed by atoms with Gasteiger partial charge in [0.1, 0.15) is 24.1 Å². The standard InChI is InChI=1S/C28H32N6O5/c1-15-8-18(19-12-30-17(3)31-13-19)9-20-25(16(2)35)32-33(26(15)20)14-23(36)34-21(10-28(4)11-22(28)34)27(39)29-7-5-6-24(37)38/h8-9,12-13,21-22H,5-7,10-11,14H2,1-4H3,(H,29,39)(H,37,38)/t21-,22+,28-/m0/s1. The van der Waals surface area contributed by atoms with Crippen molar-refractivity contribution in [2.24, 2.45) is 5.41 Å². The Labute approximate surface area is 225 Å². The SMILES string of the molecule is CC(=O)c1nn(CC(=O)N2[C@H](C(=O)NCCCC(=O)O)C[C@@]3(C)C[C@@H]23)c2c(C)cc(-c3cnc(C)nc3)cc12. The van der Waals surface area contributed by atoms with Crippen molar-refractivity contribution >= 4 is 34.5 Å². The Morgan fingerprint density at radius 2 is 1.82 bits per heavy atom. The summed E-state index contributed by atoms with van der Waals surface area (Å²) in [6.45, 7) is 7.39. The van der Waals surface area contributed by atoms with Crippen LogP contribution in [-0.4, -0.2) is 72.0 Å². The number of carbonyl (C=O) groups is 4. The van der Waals surface area contributed by atoms with Gasteiger partial charge in [-0.05, 0) is 61.8 Å². The molecule has 1 saturated carbocycles. The smallest absolute Gasteiger partial charge is 0.303 e. The fourth-order valence-corrected chi connectivity index (χ4v) is 5.75. The highest BCUT2D eigenvalue weighted by atomic mass is 16.4. The number of Topliss-reactive ketones (excluding diaryl/α,β-unsaturated/α-hetero) is 1. The number of amides is 2. The van der Waals surface area contributed by atoms with Gasteiger partial charge in [-0.1, -0.05) is 6.92 Å². The first-order valence-electron chi connectivity index (χ1n) is 13.1. The summed E-state index contributed by atoms with van der Waals surface area (Å²) in [6.07, 6.45) is 5.16. The number of nitrogens with zero attached hydrogens (tertiary/aromatic N) is 5. The summed E-state index contributed by atoms with van der Waals surface area (Å²) in [6, 6.07) is 3.20. The zero-order valence-electron chi connectivity index (χ0n) is 22.5. The molecule has 2 N–H and O–H groups in total. The molecule has 204 valence electrons. The van der Waals surface area contributed by atoms with E-state index in [2.05, 4.69) is 27.3 Å². The number of benzene rings is 1. The molecule has 2 aromatic heterocycles. The molecule has 39 heavy (non-hydrogen) atoms. The van der Waals surface area contributed by atoms with E-state index in [0.29, 0.717) is 29.6 Å². The molecule has 1 aliphatic carbocycles. The van der Waals surface area contributed by atoms with Crippen molar-refractivity contribution in [1.82, 2.24) is 30.0 Å². The van der Waals surface area contributed by atoms with Crippen molar-refractivity contribution in [3.63, 3.8) is 0 Å². The number of hydrogen-bond donors (Lipinski definition) is 2. The van der Waals surface area contributed by atoms with Crippen molar-refractivity contribution in [2.75, 3.05) is 6.54 Å². The van der Waals surface area contributed by atoms with Crippen molar-refractivity contribution < 1.29 is 24.3 Å². The van der Waals surface area contributed by atoms with Crippen LogP contribution in [0, 0.1) is 19.3 Å². The molecule has 3 heterocycles. The monoisotopic (exact) mass is 532 g/mol. The van der Waals surface area contributed by atoms with E-state index < -0.39 is 12.0 Å². The molecule has 3 atom stereocenters. The van der Waals surface area contributed by atoms with E-state index in [9.17, 15) is 19.2 Å². The largest absolute Gasteiger partial charge is 0.481 e. The van der Waals surface area contributed by atoms with Crippen LogP contribution in [0.1, 0.15) is 61.4 Å². The van der Waals surface area contributed by atoms with E-state index in [1.807, 2.05) is 26.0 Å². The van der Waals surface area contributed by atoms with E-state index in [1.54, 1.807) is 22.0 Å². The number of aliphatic carboxylic acids is 1. The number of aromatic nitrogens is 4. The van der Waals surface area contributed by atoms with Gasteiger partial charge >= 0.3 is 5.97 Å². The van der Waals surface area contributed by atoms with E-state index in [4.69, 9.17) is 5.11 Å². The van der Waals surface area contributed by atoms with Gasteiger partial charge in [-0.25, -0.2) is 9.97 Å². The molecule has 11 heteroatoms. The third kappa shape index (κ3) is 5.00. The highest BCUT2D eigenvalue weighted by Crippen LogP contribution is 2.59. The number of ketones is 1. The number of likely N-dealkylation sites (tertiary alicyclic amines) is 1. The molecule has 3 aromatic rings. The molecule has 0 bridgehead atoms. The van der Waals surface area contributed by atoms with Crippen LogP contribution in [0.2, 0.25) is 0 Å². The Balaban J connectivity index is 1.42. The van der Waals surface area contributed by atoms with E-state index in [0.717, 1.165) is 23.1 Å². The third-order valence-electron chi connectivity index (χ3n) is 7.86. The van der Waals surface area contributed by atoms with Gasteiger partial charge in [0.15, 0.2) is 5.78 Å². The maximum Gasteiger partial charge on any atom is 0.303 e. The number of rotatable bonds is 9. The number of hydrogen-bond acceptors (Lipinski definition) is 7. The van der Waals surface area contributed by atoms with E-state index >= 15 is 0 Å². The zero-order valence-corrected chi connectivity index (χ0v) is 22.5. The molecular weight excluding hydrogens is 500 g/mol. The van der Waals surface area contributed by atoms with Gasteiger partial charge in [0.2, 0.25) is 11.8 Å². The lowest BCUT2D eigenvalue weighted by molar-refractivity contribution is -0.140. The highest BCUT2D eigenvalue weighted by Gasteiger charge is 2.64. The molecule has 1 aromatic carbocycles. The van der Waals surface area contributed by atoms with Crippen LogP contribution >= 0.6 is 0 Å². The molecule has 0 radical (unpaired) electrons. The number of carboxylic acids is 1. The molecular formula is C28H32N6O5. The van der Waals surface area contributed by atoms with Crippen molar-refractivity contribution in [2.45, 2.75) is 72.0 Å². The maximum absolute atomic E-state index is 13.7. The number of carboxylic acid groups (broad SMARTS) is 1. The molecule has 11 nitrogen and oxygen atoms in total. The summed E-state index contributed by atoms with van der Waals surface area (Å²) in [7, 11) is 0. The maximum atomic E-state index is 13.7. The predicted molar refractivity (Wildman–Crippen MR) is 142 cm³/mol. The number of nitrogens with one attached hydrogen (secondary N) is 1. The lowest BCUT2D eigenvalue weighted by Crippen LogP contribution is -2.49. The quantitative estimate of drug-likeness (QED) is 0.316. The summed E-state index contributed by atoms with van der Waals surface area (Å²) in [5, 5.41) is 16.8. The summed E-state index contributed by atoms with van der Waals surface area (Å²) in [4.78, 5) is 60.2. The Bertz CT molecular complexity index is 1500. The summed E-state index contributed by atoms with van der Waals surface area (Å²) in [5.74, 6) is -0.966. The van der Waals surface area contributed by atoms with Crippen LogP contribution in [-0.2, 0) is 20.9 Å². The normalized spacial score (nSPS) is 21.6. The zero-order chi connectivity index (χ0) is 28.1. The summed E-state index contributed by atoms with van der Waals surface area (Å²) < 4.78 is 1.57. The van der Waals surface area contributed by atoms with Crippen LogP contribution in [0.5, 0.6) is 0 Å². The Morgan fingerprint density at radius 3 is 2.49 bits per heavy atom. The Morgan fingerprint density at radius 1 is 1.10 bits per heavy atom. The fourth-order valence-electron chi connectivity index (χ4n) is 5.75. The molecule has 0 spiro atoms. The molecule has 1 aliphatic heterocycles. The van der Waals surface area contributed by atoms with Gasteiger partial charge in [0, 0.05) is 49.3 Å². The third-order valence-corrected chi connectivity index (χ3v) is 7.86. The van der Waals surface area contributed by atoms with Crippen LogP contribution < -0.4 is 5.32 Å². The van der Waals surface area contributed by atoms with Crippen LogP contribution in [0.3, 0.4) is 0 Å². The molecule has 1 saturated heterocycles. The first-order valence-corrected chi connectivity index (χ1v) is 13.1. The lowest BCUT2D eigenvalue weighted by atomic mass is 10.0. The average molecular weight is 533 g/mol. The number of aryl methyl sites for hydroxylation is 2. The van der Waals surface area contributed by atoms with Crippen LogP contribution in [0.15, 0.2) is 24.5 Å². The average Bonchev–Trinajstić information content (AvgIpc) is 3.23. The number of piperidine rings is 1. The van der Waals surface area contributed by atoms with Crippen LogP contribution in [0.25, 0.3) is 22.0 Å². The first-order chi connectivity index (χ1) is 18.5. The van der Waals surface area contributed by atoms with Gasteiger partial charge < -0.3 is 15.3 Å². The minimum Gasteiger partial charge on any atom is -0.481 e. The van der Waals surface area contributed by atoms with Gasteiger partial charge in [-0.2, -0.15) is 5.10 Å². The lowest BCUT2D eigenvalue weighted by Gasteiger charge is -2.27. The van der Waals surface area contributed by atoms with Crippen molar-refractivity contribution in [1.29, 1.82) is 0 Å². The topological polar surface area (TPSA) is 147 Å². The van der Waals surface area contributed by atoms with Crippen molar-refractivity contribution in [3.8, 4) is 11.1 Å². The van der Waals surface area contributed by atoms with Gasteiger partial charge in [-0.15, -0.1) is 0 Å².